The molecule has 0 radical (unpaired) electrons. The van der Waals surface area contributed by atoms with Crippen LogP contribution in [0.3, 0.4) is 0 Å². The summed E-state index contributed by atoms with van der Waals surface area (Å²) in [5.74, 6) is 0.809. The monoisotopic (exact) mass is 201 g/mol. The molecule has 0 aliphatic rings. The first kappa shape index (κ1) is 13.9. The minimum absolute atomic E-state index is 0.226. The smallest absolute Gasteiger partial charge is 0.0443 e. The summed E-state index contributed by atoms with van der Waals surface area (Å²) in [6, 6.07) is 0. The molecule has 0 unspecified atom stereocenters. The van der Waals surface area contributed by atoms with Crippen molar-refractivity contribution in [1.29, 1.82) is 0 Å². The third-order valence-corrected chi connectivity index (χ3v) is 2.52. The van der Waals surface area contributed by atoms with Crippen LogP contribution in [-0.4, -0.2) is 23.8 Å². The van der Waals surface area contributed by atoms with Gasteiger partial charge in [0.1, 0.15) is 0 Å². The molecule has 0 amide bonds. The molecule has 0 aliphatic heterocycles. The van der Waals surface area contributed by atoms with Gasteiger partial charge in [0.05, 0.1) is 0 Å². The van der Waals surface area contributed by atoms with Crippen LogP contribution in [0, 0.1) is 5.92 Å². The Hall–Kier alpha value is -0.0800. The van der Waals surface area contributed by atoms with Gasteiger partial charge in [0, 0.05) is 12.1 Å². The van der Waals surface area contributed by atoms with E-state index >= 15 is 0 Å². The van der Waals surface area contributed by atoms with Crippen molar-refractivity contribution in [3.63, 3.8) is 0 Å². The Kier molecular flexibility index (Phi) is 7.20. The minimum atomic E-state index is 0.226. The topological polar surface area (TPSA) is 32.3 Å². The molecule has 0 fully saturated rings. The van der Waals surface area contributed by atoms with E-state index in [1.54, 1.807) is 0 Å². The summed E-state index contributed by atoms with van der Waals surface area (Å²) in [5, 5.41) is 12.1. The van der Waals surface area contributed by atoms with Crippen LogP contribution in [0.15, 0.2) is 0 Å². The highest BCUT2D eigenvalue weighted by Crippen LogP contribution is 2.15. The molecule has 2 N–H and O–H groups in total. The van der Waals surface area contributed by atoms with Crippen molar-refractivity contribution >= 4 is 0 Å². The molecule has 0 aliphatic carbocycles. The lowest BCUT2D eigenvalue weighted by atomic mass is 9.94. The van der Waals surface area contributed by atoms with E-state index < -0.39 is 0 Å². The maximum absolute atomic E-state index is 8.67. The van der Waals surface area contributed by atoms with E-state index in [0.29, 0.717) is 0 Å². The third kappa shape index (κ3) is 8.52. The normalized spacial score (nSPS) is 12.4. The summed E-state index contributed by atoms with van der Waals surface area (Å²) in [4.78, 5) is 0. The maximum atomic E-state index is 8.67. The lowest BCUT2D eigenvalue weighted by molar-refractivity contribution is 0.269. The quantitative estimate of drug-likeness (QED) is 0.592. The van der Waals surface area contributed by atoms with Gasteiger partial charge in [-0.2, -0.15) is 0 Å². The fraction of sp³-hybridized carbons (Fsp3) is 1.00. The standard InChI is InChI=1S/C12H27NO/c1-11(2)7-5-8-12(3,4)13-9-6-10-14/h11,13-14H,5-10H2,1-4H3. The second-order valence-corrected chi connectivity index (χ2v) is 5.17. The van der Waals surface area contributed by atoms with Gasteiger partial charge in [0.2, 0.25) is 0 Å². The van der Waals surface area contributed by atoms with Gasteiger partial charge >= 0.3 is 0 Å². The number of nitrogens with one attached hydrogen (secondary N) is 1. The molecular formula is C12H27NO. The first-order valence-electron chi connectivity index (χ1n) is 5.84. The zero-order valence-electron chi connectivity index (χ0n) is 10.3. The predicted molar refractivity (Wildman–Crippen MR) is 62.5 cm³/mol. The average Bonchev–Trinajstić information content (AvgIpc) is 2.03. The van der Waals surface area contributed by atoms with E-state index in [9.17, 15) is 0 Å². The number of hydrogen-bond acceptors (Lipinski definition) is 2. The zero-order chi connectivity index (χ0) is 11.0. The van der Waals surface area contributed by atoms with Crippen molar-refractivity contribution in [2.45, 2.75) is 58.9 Å². The van der Waals surface area contributed by atoms with Gasteiger partial charge in [-0.05, 0) is 39.2 Å². The summed E-state index contributed by atoms with van der Waals surface area (Å²) in [6.07, 6.45) is 4.67. The van der Waals surface area contributed by atoms with Crippen LogP contribution in [0.2, 0.25) is 0 Å². The van der Waals surface area contributed by atoms with E-state index in [1.807, 2.05) is 0 Å². The van der Waals surface area contributed by atoms with Crippen LogP contribution in [0.4, 0.5) is 0 Å². The number of hydrogen-bond donors (Lipinski definition) is 2. The molecule has 0 spiro atoms. The highest BCUT2D eigenvalue weighted by atomic mass is 16.3. The molecule has 0 saturated heterocycles. The van der Waals surface area contributed by atoms with Crippen LogP contribution in [0.1, 0.15) is 53.4 Å². The van der Waals surface area contributed by atoms with E-state index in [2.05, 4.69) is 33.0 Å². The number of rotatable bonds is 8. The molecule has 0 rings (SSSR count). The van der Waals surface area contributed by atoms with Crippen molar-refractivity contribution in [2.24, 2.45) is 5.92 Å². The lowest BCUT2D eigenvalue weighted by Crippen LogP contribution is -2.40. The first-order chi connectivity index (χ1) is 6.48. The second-order valence-electron chi connectivity index (χ2n) is 5.17. The minimum Gasteiger partial charge on any atom is -0.396 e. The molecule has 0 aromatic heterocycles. The van der Waals surface area contributed by atoms with Crippen molar-refractivity contribution in [3.05, 3.63) is 0 Å². The molecular weight excluding hydrogens is 174 g/mol. The molecule has 0 heterocycles. The zero-order valence-corrected chi connectivity index (χ0v) is 10.3. The Morgan fingerprint density at radius 1 is 1.21 bits per heavy atom. The van der Waals surface area contributed by atoms with Gasteiger partial charge in [-0.15, -0.1) is 0 Å². The Balaban J connectivity index is 3.50. The molecule has 0 aromatic carbocycles. The Morgan fingerprint density at radius 3 is 2.36 bits per heavy atom. The van der Waals surface area contributed by atoms with Gasteiger partial charge in [-0.25, -0.2) is 0 Å². The predicted octanol–water partition coefficient (Wildman–Crippen LogP) is 2.56. The summed E-state index contributed by atoms with van der Waals surface area (Å²) in [7, 11) is 0. The van der Waals surface area contributed by atoms with Gasteiger partial charge in [-0.1, -0.05) is 26.7 Å². The van der Waals surface area contributed by atoms with Crippen molar-refractivity contribution in [2.75, 3.05) is 13.2 Å². The Labute approximate surface area is 89.1 Å². The molecule has 0 aromatic rings. The third-order valence-electron chi connectivity index (χ3n) is 2.52. The molecule has 14 heavy (non-hydrogen) atoms. The second kappa shape index (κ2) is 7.24. The van der Waals surface area contributed by atoms with E-state index in [-0.39, 0.29) is 12.1 Å². The van der Waals surface area contributed by atoms with E-state index in [0.717, 1.165) is 18.9 Å². The van der Waals surface area contributed by atoms with Gasteiger partial charge in [0.15, 0.2) is 0 Å². The molecule has 2 nitrogen and oxygen atoms in total. The fourth-order valence-corrected chi connectivity index (χ4v) is 1.55. The summed E-state index contributed by atoms with van der Waals surface area (Å²) >= 11 is 0. The number of aliphatic hydroxyl groups excluding tert-OH is 1. The highest BCUT2D eigenvalue weighted by Gasteiger charge is 2.15. The van der Waals surface area contributed by atoms with Gasteiger partial charge in [0.25, 0.3) is 0 Å². The Morgan fingerprint density at radius 2 is 1.86 bits per heavy atom. The van der Waals surface area contributed by atoms with Crippen molar-refractivity contribution in [3.8, 4) is 0 Å². The molecule has 0 atom stereocenters. The SMILES string of the molecule is CC(C)CCCC(C)(C)NCCCO. The van der Waals surface area contributed by atoms with Gasteiger partial charge < -0.3 is 10.4 Å². The average molecular weight is 201 g/mol. The fourth-order valence-electron chi connectivity index (χ4n) is 1.55. The molecule has 0 bridgehead atoms. The van der Waals surface area contributed by atoms with E-state index in [1.165, 1.54) is 19.3 Å². The maximum Gasteiger partial charge on any atom is 0.0443 e. The highest BCUT2D eigenvalue weighted by molar-refractivity contribution is 4.77. The summed E-state index contributed by atoms with van der Waals surface area (Å²) < 4.78 is 0. The van der Waals surface area contributed by atoms with Crippen LogP contribution in [0.25, 0.3) is 0 Å². The molecule has 2 heteroatoms. The number of aliphatic hydroxyl groups is 1. The largest absolute Gasteiger partial charge is 0.396 e. The van der Waals surface area contributed by atoms with Crippen LogP contribution in [0.5, 0.6) is 0 Å². The molecule has 86 valence electrons. The van der Waals surface area contributed by atoms with Crippen LogP contribution >= 0.6 is 0 Å². The van der Waals surface area contributed by atoms with E-state index in [4.69, 9.17) is 5.11 Å². The Bertz CT molecular complexity index is 132. The summed E-state index contributed by atoms with van der Waals surface area (Å²) in [6.45, 7) is 10.2. The van der Waals surface area contributed by atoms with Gasteiger partial charge in [-0.3, -0.25) is 0 Å². The lowest BCUT2D eigenvalue weighted by Gasteiger charge is -2.26. The van der Waals surface area contributed by atoms with Crippen LogP contribution in [-0.2, 0) is 0 Å². The van der Waals surface area contributed by atoms with Crippen molar-refractivity contribution < 1.29 is 5.11 Å². The summed E-state index contributed by atoms with van der Waals surface area (Å²) in [5.41, 5.74) is 0.226. The van der Waals surface area contributed by atoms with Crippen molar-refractivity contribution in [1.82, 2.24) is 5.32 Å². The van der Waals surface area contributed by atoms with Crippen LogP contribution < -0.4 is 5.32 Å². The molecule has 0 saturated carbocycles. The first-order valence-corrected chi connectivity index (χ1v) is 5.84.